The Bertz CT molecular complexity index is 703. The second-order valence-electron chi connectivity index (χ2n) is 6.70. The minimum absolute atomic E-state index is 0.680. The average molecular weight is 337 g/mol. The van der Waals surface area contributed by atoms with Gasteiger partial charge in [-0.25, -0.2) is 9.97 Å². The van der Waals surface area contributed by atoms with Gasteiger partial charge in [0.1, 0.15) is 17.5 Å². The fourth-order valence-corrected chi connectivity index (χ4v) is 3.07. The van der Waals surface area contributed by atoms with Crippen molar-refractivity contribution in [3.05, 3.63) is 48.8 Å². The number of hydrogen-bond acceptors (Lipinski definition) is 5. The molecule has 0 aliphatic carbocycles. The molecule has 2 aromatic rings. The van der Waals surface area contributed by atoms with Crippen molar-refractivity contribution in [1.29, 1.82) is 0 Å². The van der Waals surface area contributed by atoms with Gasteiger partial charge >= 0.3 is 0 Å². The van der Waals surface area contributed by atoms with Gasteiger partial charge in [0.05, 0.1) is 0 Å². The number of piperidine rings is 1. The molecule has 0 spiro atoms. The number of aromatic nitrogens is 2. The van der Waals surface area contributed by atoms with Gasteiger partial charge in [0, 0.05) is 37.1 Å². The van der Waals surface area contributed by atoms with Crippen molar-refractivity contribution in [2.24, 2.45) is 5.92 Å². The zero-order valence-corrected chi connectivity index (χ0v) is 15.1. The highest BCUT2D eigenvalue weighted by atomic mass is 15.1. The number of nitrogens with one attached hydrogen (secondary N) is 2. The van der Waals surface area contributed by atoms with Crippen LogP contribution < -0.4 is 15.5 Å². The number of aryl methyl sites for hydroxylation is 1. The van der Waals surface area contributed by atoms with Gasteiger partial charge in [-0.05, 0) is 49.9 Å². The van der Waals surface area contributed by atoms with Gasteiger partial charge in [-0.3, -0.25) is 0 Å². The molecule has 5 heteroatoms. The van der Waals surface area contributed by atoms with Crippen LogP contribution in [0, 0.1) is 12.8 Å². The normalized spacial score (nSPS) is 15.0. The second-order valence-corrected chi connectivity index (χ2v) is 6.70. The zero-order valence-electron chi connectivity index (χ0n) is 15.1. The molecule has 0 amide bonds. The molecular formula is C20H27N5. The SMILES string of the molecule is C=CCNc1cc(Nc2ccc(N3CCC(C)CC3)cc2)nc(C)n1. The molecule has 5 nitrogen and oxygen atoms in total. The molecule has 3 rings (SSSR count). The maximum Gasteiger partial charge on any atom is 0.136 e. The molecule has 2 heterocycles. The van der Waals surface area contributed by atoms with E-state index in [1.807, 2.05) is 19.1 Å². The lowest BCUT2D eigenvalue weighted by Gasteiger charge is -2.32. The summed E-state index contributed by atoms with van der Waals surface area (Å²) in [5.74, 6) is 3.17. The molecule has 0 saturated carbocycles. The lowest BCUT2D eigenvalue weighted by molar-refractivity contribution is 0.438. The van der Waals surface area contributed by atoms with E-state index in [1.165, 1.54) is 18.5 Å². The summed E-state index contributed by atoms with van der Waals surface area (Å²) in [5, 5.41) is 6.56. The predicted molar refractivity (Wildman–Crippen MR) is 106 cm³/mol. The van der Waals surface area contributed by atoms with Crippen LogP contribution in [0.5, 0.6) is 0 Å². The summed E-state index contributed by atoms with van der Waals surface area (Å²) in [6.07, 6.45) is 4.37. The molecule has 1 aromatic carbocycles. The van der Waals surface area contributed by atoms with Crippen LogP contribution in [0.25, 0.3) is 0 Å². The van der Waals surface area contributed by atoms with Crippen molar-refractivity contribution in [2.45, 2.75) is 26.7 Å². The second kappa shape index (κ2) is 8.01. The topological polar surface area (TPSA) is 53.1 Å². The molecule has 1 aliphatic rings. The minimum atomic E-state index is 0.680. The third-order valence-corrected chi connectivity index (χ3v) is 4.55. The smallest absolute Gasteiger partial charge is 0.136 e. The van der Waals surface area contributed by atoms with Crippen LogP contribution in [0.15, 0.2) is 43.0 Å². The Morgan fingerprint density at radius 3 is 2.52 bits per heavy atom. The van der Waals surface area contributed by atoms with Crippen LogP contribution in [0.4, 0.5) is 23.0 Å². The Morgan fingerprint density at radius 1 is 1.16 bits per heavy atom. The molecule has 0 bridgehead atoms. The van der Waals surface area contributed by atoms with E-state index in [4.69, 9.17) is 0 Å². The highest BCUT2D eigenvalue weighted by molar-refractivity contribution is 5.62. The fraction of sp³-hybridized carbons (Fsp3) is 0.400. The summed E-state index contributed by atoms with van der Waals surface area (Å²) in [6, 6.07) is 10.5. The predicted octanol–water partition coefficient (Wildman–Crippen LogP) is 4.36. The number of hydrogen-bond donors (Lipinski definition) is 2. The molecule has 0 unspecified atom stereocenters. The number of anilines is 4. The van der Waals surface area contributed by atoms with E-state index in [9.17, 15) is 0 Å². The molecule has 0 atom stereocenters. The first-order valence-corrected chi connectivity index (χ1v) is 8.96. The Labute approximate surface area is 150 Å². The van der Waals surface area contributed by atoms with E-state index in [1.54, 1.807) is 0 Å². The Kier molecular flexibility index (Phi) is 5.53. The van der Waals surface area contributed by atoms with Crippen LogP contribution in [0.3, 0.4) is 0 Å². The molecule has 2 N–H and O–H groups in total. The summed E-state index contributed by atoms with van der Waals surface area (Å²) in [5.41, 5.74) is 2.33. The third-order valence-electron chi connectivity index (χ3n) is 4.55. The van der Waals surface area contributed by atoms with Crippen molar-refractivity contribution in [3.63, 3.8) is 0 Å². The van der Waals surface area contributed by atoms with Crippen LogP contribution in [0.1, 0.15) is 25.6 Å². The summed E-state index contributed by atoms with van der Waals surface area (Å²) in [7, 11) is 0. The molecule has 0 radical (unpaired) electrons. The van der Waals surface area contributed by atoms with Crippen LogP contribution in [-0.4, -0.2) is 29.6 Å². The first-order valence-electron chi connectivity index (χ1n) is 8.96. The average Bonchev–Trinajstić information content (AvgIpc) is 2.61. The van der Waals surface area contributed by atoms with Gasteiger partial charge < -0.3 is 15.5 Å². The fourth-order valence-electron chi connectivity index (χ4n) is 3.07. The maximum absolute atomic E-state index is 4.46. The summed E-state index contributed by atoms with van der Waals surface area (Å²) in [4.78, 5) is 11.3. The number of benzene rings is 1. The maximum atomic E-state index is 4.46. The minimum Gasteiger partial charge on any atom is -0.372 e. The van der Waals surface area contributed by atoms with Crippen LogP contribution in [-0.2, 0) is 0 Å². The van der Waals surface area contributed by atoms with Crippen molar-refractivity contribution >= 4 is 23.0 Å². The van der Waals surface area contributed by atoms with E-state index in [0.717, 1.165) is 42.2 Å². The van der Waals surface area contributed by atoms with Crippen molar-refractivity contribution in [1.82, 2.24) is 9.97 Å². The monoisotopic (exact) mass is 337 g/mol. The molecule has 1 fully saturated rings. The summed E-state index contributed by atoms with van der Waals surface area (Å²) >= 11 is 0. The van der Waals surface area contributed by atoms with Gasteiger partial charge in [0.2, 0.25) is 0 Å². The molecule has 1 aromatic heterocycles. The lowest BCUT2D eigenvalue weighted by atomic mass is 9.99. The van der Waals surface area contributed by atoms with E-state index >= 15 is 0 Å². The summed E-state index contributed by atoms with van der Waals surface area (Å²) in [6.45, 7) is 10.9. The third kappa shape index (κ3) is 4.72. The van der Waals surface area contributed by atoms with E-state index in [0.29, 0.717) is 6.54 Å². The lowest BCUT2D eigenvalue weighted by Crippen LogP contribution is -2.32. The van der Waals surface area contributed by atoms with Crippen molar-refractivity contribution in [2.75, 3.05) is 35.2 Å². The van der Waals surface area contributed by atoms with Gasteiger partial charge in [0.25, 0.3) is 0 Å². The standard InChI is InChI=1S/C20H27N5/c1-4-11-21-19-14-20(23-16(3)22-19)24-17-5-7-18(8-6-17)25-12-9-15(2)10-13-25/h4-8,14-15H,1,9-13H2,2-3H3,(H2,21,22,23,24). The van der Waals surface area contributed by atoms with Gasteiger partial charge in [-0.2, -0.15) is 0 Å². The van der Waals surface area contributed by atoms with Gasteiger partial charge in [-0.1, -0.05) is 13.0 Å². The van der Waals surface area contributed by atoms with E-state index in [2.05, 4.69) is 63.3 Å². The molecule has 1 aliphatic heterocycles. The highest BCUT2D eigenvalue weighted by Gasteiger charge is 2.15. The number of rotatable bonds is 6. The molecule has 1 saturated heterocycles. The first kappa shape index (κ1) is 17.3. The summed E-state index contributed by atoms with van der Waals surface area (Å²) < 4.78 is 0. The van der Waals surface area contributed by atoms with Crippen molar-refractivity contribution < 1.29 is 0 Å². The van der Waals surface area contributed by atoms with E-state index < -0.39 is 0 Å². The Balaban J connectivity index is 1.67. The Morgan fingerprint density at radius 2 is 1.84 bits per heavy atom. The Hall–Kier alpha value is -2.56. The van der Waals surface area contributed by atoms with Gasteiger partial charge in [-0.15, -0.1) is 6.58 Å². The molecular weight excluding hydrogens is 310 g/mol. The van der Waals surface area contributed by atoms with Gasteiger partial charge in [0.15, 0.2) is 0 Å². The highest BCUT2D eigenvalue weighted by Crippen LogP contribution is 2.25. The van der Waals surface area contributed by atoms with Crippen LogP contribution >= 0.6 is 0 Å². The molecule has 132 valence electrons. The zero-order chi connectivity index (χ0) is 17.6. The quantitative estimate of drug-likeness (QED) is 0.767. The first-order chi connectivity index (χ1) is 12.1. The largest absolute Gasteiger partial charge is 0.372 e. The molecule has 25 heavy (non-hydrogen) atoms. The van der Waals surface area contributed by atoms with Crippen molar-refractivity contribution in [3.8, 4) is 0 Å². The number of nitrogens with zero attached hydrogens (tertiary/aromatic N) is 3. The van der Waals surface area contributed by atoms with E-state index in [-0.39, 0.29) is 0 Å². The van der Waals surface area contributed by atoms with Crippen LogP contribution in [0.2, 0.25) is 0 Å².